The van der Waals surface area contributed by atoms with Crippen LogP contribution in [0.3, 0.4) is 0 Å². The number of carbonyl (C=O) groups is 1. The van der Waals surface area contributed by atoms with Crippen LogP contribution in [0.1, 0.15) is 5.76 Å². The van der Waals surface area contributed by atoms with Crippen LogP contribution < -0.4 is 15.4 Å². The minimum Gasteiger partial charge on any atom is -0.497 e. The van der Waals surface area contributed by atoms with Crippen molar-refractivity contribution in [3.63, 3.8) is 0 Å². The fourth-order valence-corrected chi connectivity index (χ4v) is 2.73. The van der Waals surface area contributed by atoms with E-state index in [2.05, 4.69) is 10.6 Å². The first-order valence-corrected chi connectivity index (χ1v) is 7.94. The van der Waals surface area contributed by atoms with Crippen LogP contribution in [0.4, 0.5) is 10.5 Å². The smallest absolute Gasteiger partial charge is 0.319 e. The molecule has 0 aliphatic heterocycles. The molecule has 0 aliphatic rings. The maximum absolute atomic E-state index is 11.9. The molecule has 2 aromatic heterocycles. The maximum Gasteiger partial charge on any atom is 0.319 e. The number of rotatable bonds is 5. The highest BCUT2D eigenvalue weighted by molar-refractivity contribution is 7.13. The number of hydrogen-bond acceptors (Lipinski definition) is 4. The quantitative estimate of drug-likeness (QED) is 0.732. The summed E-state index contributed by atoms with van der Waals surface area (Å²) in [4.78, 5) is 13.0. The summed E-state index contributed by atoms with van der Waals surface area (Å²) >= 11 is 1.61. The largest absolute Gasteiger partial charge is 0.497 e. The monoisotopic (exact) mass is 328 g/mol. The molecular weight excluding hydrogens is 312 g/mol. The second kappa shape index (κ2) is 7.02. The van der Waals surface area contributed by atoms with E-state index in [1.165, 1.54) is 0 Å². The van der Waals surface area contributed by atoms with Gasteiger partial charge in [0.05, 0.1) is 18.5 Å². The van der Waals surface area contributed by atoms with Crippen LogP contribution >= 0.6 is 11.3 Å². The first kappa shape index (κ1) is 15.2. The third-order valence-electron chi connectivity index (χ3n) is 3.20. The Morgan fingerprint density at radius 3 is 2.70 bits per heavy atom. The minimum absolute atomic E-state index is 0.288. The van der Waals surface area contributed by atoms with Gasteiger partial charge >= 0.3 is 6.03 Å². The van der Waals surface area contributed by atoms with E-state index in [0.29, 0.717) is 18.0 Å². The number of hydrogen-bond donors (Lipinski definition) is 2. The average molecular weight is 328 g/mol. The van der Waals surface area contributed by atoms with E-state index in [4.69, 9.17) is 9.15 Å². The number of nitrogens with one attached hydrogen (secondary N) is 2. The van der Waals surface area contributed by atoms with Gasteiger partial charge in [-0.25, -0.2) is 4.79 Å². The summed E-state index contributed by atoms with van der Waals surface area (Å²) in [7, 11) is 1.60. The molecular formula is C17H16N2O3S. The summed E-state index contributed by atoms with van der Waals surface area (Å²) in [5.41, 5.74) is 0.696. The zero-order chi connectivity index (χ0) is 16.1. The number of carbonyl (C=O) groups excluding carboxylic acids is 1. The van der Waals surface area contributed by atoms with Crippen molar-refractivity contribution in [3.8, 4) is 16.4 Å². The number of ether oxygens (including phenoxy) is 1. The molecule has 5 nitrogen and oxygen atoms in total. The molecule has 0 bridgehead atoms. The van der Waals surface area contributed by atoms with Crippen molar-refractivity contribution in [1.82, 2.24) is 5.32 Å². The Balaban J connectivity index is 1.52. The standard InChI is InChI=1S/C17H16N2O3S/c1-21-13-6-4-12(5-7-13)19-17(20)18-11-14-8-9-15(22-14)16-3-2-10-23-16/h2-10H,11H2,1H3,(H2,18,19,20). The van der Waals surface area contributed by atoms with Gasteiger partial charge in [0.2, 0.25) is 0 Å². The molecule has 0 radical (unpaired) electrons. The fourth-order valence-electron chi connectivity index (χ4n) is 2.04. The summed E-state index contributed by atoms with van der Waals surface area (Å²) in [6, 6.07) is 14.6. The molecule has 0 atom stereocenters. The van der Waals surface area contributed by atoms with Gasteiger partial charge in [-0.15, -0.1) is 11.3 Å². The van der Waals surface area contributed by atoms with Crippen molar-refractivity contribution < 1.29 is 13.9 Å². The van der Waals surface area contributed by atoms with Crippen LogP contribution in [0.2, 0.25) is 0 Å². The van der Waals surface area contributed by atoms with E-state index in [9.17, 15) is 4.79 Å². The number of amides is 2. The van der Waals surface area contributed by atoms with Gasteiger partial charge in [0, 0.05) is 5.69 Å². The fraction of sp³-hybridized carbons (Fsp3) is 0.118. The number of furan rings is 1. The van der Waals surface area contributed by atoms with E-state index in [0.717, 1.165) is 16.4 Å². The third kappa shape index (κ3) is 3.92. The second-order valence-corrected chi connectivity index (χ2v) is 5.73. The normalized spacial score (nSPS) is 10.3. The van der Waals surface area contributed by atoms with Crippen molar-refractivity contribution in [1.29, 1.82) is 0 Å². The molecule has 118 valence electrons. The Labute approximate surface area is 137 Å². The molecule has 0 aliphatic carbocycles. The summed E-state index contributed by atoms with van der Waals surface area (Å²) in [6.45, 7) is 0.327. The summed E-state index contributed by atoms with van der Waals surface area (Å²) < 4.78 is 10.8. The Bertz CT molecular complexity index is 764. The van der Waals surface area contributed by atoms with Gasteiger partial charge in [0.1, 0.15) is 17.3 Å². The van der Waals surface area contributed by atoms with Crippen molar-refractivity contribution in [2.45, 2.75) is 6.54 Å². The summed E-state index contributed by atoms with van der Waals surface area (Å²) in [5, 5.41) is 7.51. The molecule has 2 N–H and O–H groups in total. The van der Waals surface area contributed by atoms with Crippen molar-refractivity contribution in [2.24, 2.45) is 0 Å². The Kier molecular flexibility index (Phi) is 4.63. The Morgan fingerprint density at radius 2 is 2.00 bits per heavy atom. The first-order valence-electron chi connectivity index (χ1n) is 7.06. The van der Waals surface area contributed by atoms with Gasteiger partial charge in [-0.05, 0) is 47.8 Å². The molecule has 0 fully saturated rings. The zero-order valence-electron chi connectivity index (χ0n) is 12.5. The molecule has 0 unspecified atom stereocenters. The predicted molar refractivity (Wildman–Crippen MR) is 90.9 cm³/mol. The van der Waals surface area contributed by atoms with Crippen LogP contribution in [0.15, 0.2) is 58.3 Å². The SMILES string of the molecule is COc1ccc(NC(=O)NCc2ccc(-c3cccs3)o2)cc1. The van der Waals surface area contributed by atoms with Gasteiger partial charge < -0.3 is 19.8 Å². The van der Waals surface area contributed by atoms with Gasteiger partial charge in [0.15, 0.2) is 0 Å². The zero-order valence-corrected chi connectivity index (χ0v) is 13.4. The molecule has 3 aromatic rings. The number of thiophene rings is 1. The Hall–Kier alpha value is -2.73. The molecule has 0 saturated heterocycles. The van der Waals surface area contributed by atoms with Gasteiger partial charge in [-0.1, -0.05) is 6.07 Å². The number of anilines is 1. The van der Waals surface area contributed by atoms with Crippen molar-refractivity contribution in [2.75, 3.05) is 12.4 Å². The molecule has 6 heteroatoms. The van der Waals surface area contributed by atoms with Crippen LogP contribution in [-0.4, -0.2) is 13.1 Å². The van der Waals surface area contributed by atoms with Gasteiger partial charge in [-0.2, -0.15) is 0 Å². The highest BCUT2D eigenvalue weighted by atomic mass is 32.1. The predicted octanol–water partition coefficient (Wildman–Crippen LogP) is 4.34. The van der Waals surface area contributed by atoms with Gasteiger partial charge in [0.25, 0.3) is 0 Å². The lowest BCUT2D eigenvalue weighted by atomic mass is 10.3. The lowest BCUT2D eigenvalue weighted by molar-refractivity contribution is 0.251. The molecule has 3 rings (SSSR count). The molecule has 0 saturated carbocycles. The lowest BCUT2D eigenvalue weighted by Crippen LogP contribution is -2.27. The average Bonchev–Trinajstić information content (AvgIpc) is 3.25. The highest BCUT2D eigenvalue weighted by Crippen LogP contribution is 2.26. The molecule has 0 spiro atoms. The van der Waals surface area contributed by atoms with Crippen LogP contribution in [0, 0.1) is 0 Å². The summed E-state index contributed by atoms with van der Waals surface area (Å²) in [6.07, 6.45) is 0. The Morgan fingerprint density at radius 1 is 1.17 bits per heavy atom. The number of urea groups is 1. The molecule has 2 amide bonds. The second-order valence-electron chi connectivity index (χ2n) is 4.78. The van der Waals surface area contributed by atoms with Crippen LogP contribution in [0.5, 0.6) is 5.75 Å². The van der Waals surface area contributed by atoms with E-state index < -0.39 is 0 Å². The molecule has 23 heavy (non-hydrogen) atoms. The van der Waals surface area contributed by atoms with Crippen molar-refractivity contribution >= 4 is 23.1 Å². The third-order valence-corrected chi connectivity index (χ3v) is 4.08. The van der Waals surface area contributed by atoms with E-state index >= 15 is 0 Å². The van der Waals surface area contributed by atoms with E-state index in [-0.39, 0.29) is 6.03 Å². The first-order chi connectivity index (χ1) is 11.2. The molecule has 2 heterocycles. The van der Waals surface area contributed by atoms with Gasteiger partial charge in [-0.3, -0.25) is 0 Å². The van der Waals surface area contributed by atoms with Crippen LogP contribution in [-0.2, 0) is 6.54 Å². The van der Waals surface area contributed by atoms with Crippen molar-refractivity contribution in [3.05, 3.63) is 59.7 Å². The molecule has 1 aromatic carbocycles. The topological polar surface area (TPSA) is 63.5 Å². The van der Waals surface area contributed by atoms with Crippen LogP contribution in [0.25, 0.3) is 10.6 Å². The maximum atomic E-state index is 11.9. The number of methoxy groups -OCH3 is 1. The number of benzene rings is 1. The highest BCUT2D eigenvalue weighted by Gasteiger charge is 2.07. The lowest BCUT2D eigenvalue weighted by Gasteiger charge is -2.07. The minimum atomic E-state index is -0.288. The van der Waals surface area contributed by atoms with E-state index in [1.807, 2.05) is 29.6 Å². The van der Waals surface area contributed by atoms with E-state index in [1.54, 1.807) is 42.7 Å². The summed E-state index contributed by atoms with van der Waals surface area (Å²) in [5.74, 6) is 2.26.